The van der Waals surface area contributed by atoms with E-state index in [0.717, 1.165) is 35.7 Å². The highest BCUT2D eigenvalue weighted by Gasteiger charge is 2.33. The van der Waals surface area contributed by atoms with Gasteiger partial charge in [-0.1, -0.05) is 41.9 Å². The molecule has 41 heavy (non-hydrogen) atoms. The van der Waals surface area contributed by atoms with Gasteiger partial charge < -0.3 is 15.0 Å². The molecule has 0 saturated heterocycles. The Morgan fingerprint density at radius 3 is 2.66 bits per heavy atom. The van der Waals surface area contributed by atoms with Gasteiger partial charge in [-0.25, -0.2) is 14.8 Å². The van der Waals surface area contributed by atoms with E-state index < -0.39 is 16.6 Å². The fraction of sp³-hybridized carbons (Fsp3) is 0.379. The average molecular weight is 578 g/mol. The Hall–Kier alpha value is -4.25. The highest BCUT2D eigenvalue weighted by molar-refractivity contribution is 6.33. The molecule has 1 aliphatic carbocycles. The number of amides is 1. The number of aromatic nitrogens is 4. The van der Waals surface area contributed by atoms with E-state index in [0.29, 0.717) is 28.8 Å². The summed E-state index contributed by atoms with van der Waals surface area (Å²) in [5, 5.41) is 23.3. The second-order valence-electron chi connectivity index (χ2n) is 11.2. The smallest absolute Gasteiger partial charge is 0.410 e. The number of aromatic amines is 1. The van der Waals surface area contributed by atoms with E-state index in [-0.39, 0.29) is 24.3 Å². The van der Waals surface area contributed by atoms with Crippen molar-refractivity contribution in [2.45, 2.75) is 70.7 Å². The maximum absolute atomic E-state index is 13.3. The number of nitro groups is 1. The van der Waals surface area contributed by atoms with Crippen molar-refractivity contribution in [3.8, 4) is 11.4 Å². The fourth-order valence-electron chi connectivity index (χ4n) is 5.09. The molecule has 214 valence electrons. The van der Waals surface area contributed by atoms with Gasteiger partial charge in [-0.3, -0.25) is 15.2 Å². The second-order valence-corrected chi connectivity index (χ2v) is 11.6. The van der Waals surface area contributed by atoms with E-state index in [1.54, 1.807) is 23.2 Å². The summed E-state index contributed by atoms with van der Waals surface area (Å²) < 4.78 is 5.76. The molecule has 2 aromatic carbocycles. The zero-order chi connectivity index (χ0) is 29.1. The van der Waals surface area contributed by atoms with Crippen LogP contribution >= 0.6 is 11.6 Å². The molecule has 0 bridgehead atoms. The minimum absolute atomic E-state index is 0.000464. The largest absolute Gasteiger partial charge is 0.444 e. The number of hydrogen-bond donors (Lipinski definition) is 2. The van der Waals surface area contributed by atoms with Gasteiger partial charge in [0.05, 0.1) is 21.7 Å². The summed E-state index contributed by atoms with van der Waals surface area (Å²) in [4.78, 5) is 34.8. The number of carbonyl (C=O) groups excluding carboxylic acids is 1. The summed E-state index contributed by atoms with van der Waals surface area (Å²) in [6, 6.07) is 13.9. The van der Waals surface area contributed by atoms with E-state index >= 15 is 0 Å². The lowest BCUT2D eigenvalue weighted by molar-refractivity contribution is -0.384. The Labute approximate surface area is 242 Å². The van der Waals surface area contributed by atoms with Crippen molar-refractivity contribution in [2.75, 3.05) is 5.32 Å². The van der Waals surface area contributed by atoms with Crippen LogP contribution in [0.25, 0.3) is 22.3 Å². The number of benzene rings is 2. The van der Waals surface area contributed by atoms with Gasteiger partial charge in [-0.05, 0) is 58.1 Å². The van der Waals surface area contributed by atoms with E-state index in [9.17, 15) is 14.9 Å². The third kappa shape index (κ3) is 6.74. The van der Waals surface area contributed by atoms with Crippen molar-refractivity contribution >= 4 is 40.2 Å². The van der Waals surface area contributed by atoms with E-state index in [1.165, 1.54) is 12.1 Å². The van der Waals surface area contributed by atoms with Crippen LogP contribution < -0.4 is 5.32 Å². The molecule has 1 saturated carbocycles. The van der Waals surface area contributed by atoms with Crippen LogP contribution in [0.4, 0.5) is 16.4 Å². The predicted octanol–water partition coefficient (Wildman–Crippen LogP) is 6.74. The number of nitrogens with one attached hydrogen (secondary N) is 2. The number of halogens is 1. The molecule has 12 heteroatoms. The molecule has 1 fully saturated rings. The van der Waals surface area contributed by atoms with Gasteiger partial charge in [0, 0.05) is 36.1 Å². The minimum atomic E-state index is -0.666. The van der Waals surface area contributed by atoms with Gasteiger partial charge in [0.15, 0.2) is 0 Å². The molecule has 2 heterocycles. The molecule has 2 aromatic heterocycles. The average Bonchev–Trinajstić information content (AvgIpc) is 3.36. The first kappa shape index (κ1) is 28.3. The standard InChI is InChI=1S/C29H32ClN7O4/c1-29(2,3)41-28(38)36(17-18-11-13-20(14-12-18)37(39)40)21-8-6-7-19(15-21)32-27-31-16-23(30)26(33-27)25-22-9-4-5-10-24(22)34-35-25/h4-5,9-14,16,19,21H,6-8,15,17H2,1-3H3,(H,34,35)(H,31,32,33)/t19-,21+/m1/s1. The van der Waals surface area contributed by atoms with Crippen LogP contribution in [-0.4, -0.2) is 53.8 Å². The van der Waals surface area contributed by atoms with Gasteiger partial charge >= 0.3 is 6.09 Å². The Morgan fingerprint density at radius 2 is 1.93 bits per heavy atom. The number of anilines is 1. The first-order valence-corrected chi connectivity index (χ1v) is 13.9. The lowest BCUT2D eigenvalue weighted by Gasteiger charge is -2.38. The van der Waals surface area contributed by atoms with Crippen LogP contribution in [0.2, 0.25) is 5.02 Å². The van der Waals surface area contributed by atoms with Crippen molar-refractivity contribution in [1.29, 1.82) is 0 Å². The number of para-hydroxylation sites is 1. The number of hydrogen-bond acceptors (Lipinski definition) is 8. The fourth-order valence-corrected chi connectivity index (χ4v) is 5.27. The van der Waals surface area contributed by atoms with Crippen molar-refractivity contribution < 1.29 is 14.5 Å². The molecule has 0 spiro atoms. The molecular formula is C29H32ClN7O4. The van der Waals surface area contributed by atoms with Gasteiger partial charge in [0.1, 0.15) is 17.0 Å². The molecule has 2 N–H and O–H groups in total. The molecular weight excluding hydrogens is 546 g/mol. The lowest BCUT2D eigenvalue weighted by Crippen LogP contribution is -2.46. The van der Waals surface area contributed by atoms with Gasteiger partial charge in [0.2, 0.25) is 5.95 Å². The number of H-pyrrole nitrogens is 1. The first-order valence-electron chi connectivity index (χ1n) is 13.5. The highest BCUT2D eigenvalue weighted by Crippen LogP contribution is 2.32. The maximum Gasteiger partial charge on any atom is 0.410 e. The van der Waals surface area contributed by atoms with Crippen LogP contribution in [0.3, 0.4) is 0 Å². The lowest BCUT2D eigenvalue weighted by atomic mass is 9.90. The summed E-state index contributed by atoms with van der Waals surface area (Å²) >= 11 is 6.49. The SMILES string of the molecule is CC(C)(C)OC(=O)N(Cc1ccc([N+](=O)[O-])cc1)[C@H]1CCC[C@@H](Nc2ncc(Cl)c(-c3n[nH]c4ccccc34)n2)C1. The molecule has 1 aliphatic rings. The Morgan fingerprint density at radius 1 is 1.17 bits per heavy atom. The van der Waals surface area contributed by atoms with E-state index in [2.05, 4.69) is 20.5 Å². The topological polar surface area (TPSA) is 139 Å². The van der Waals surface area contributed by atoms with Crippen molar-refractivity contribution in [3.05, 3.63) is 75.4 Å². The second kappa shape index (κ2) is 11.7. The Kier molecular flexibility index (Phi) is 8.07. The first-order chi connectivity index (χ1) is 19.6. The van der Waals surface area contributed by atoms with Crippen LogP contribution in [0, 0.1) is 10.1 Å². The quantitative estimate of drug-likeness (QED) is 0.182. The molecule has 0 aliphatic heterocycles. The number of rotatable bonds is 7. The maximum atomic E-state index is 13.3. The number of carbonyl (C=O) groups is 1. The number of nitro benzene ring substituents is 1. The summed E-state index contributed by atoms with van der Waals surface area (Å²) in [6.07, 6.45) is 4.36. The van der Waals surface area contributed by atoms with Crippen LogP contribution in [0.1, 0.15) is 52.0 Å². The summed E-state index contributed by atoms with van der Waals surface area (Å²) in [5.74, 6) is 0.432. The third-order valence-electron chi connectivity index (χ3n) is 6.99. The number of fused-ring (bicyclic) bond motifs is 1. The van der Waals surface area contributed by atoms with Crippen molar-refractivity contribution in [1.82, 2.24) is 25.1 Å². The minimum Gasteiger partial charge on any atom is -0.444 e. The third-order valence-corrected chi connectivity index (χ3v) is 7.26. The Bertz CT molecular complexity index is 1550. The summed E-state index contributed by atoms with van der Waals surface area (Å²) in [6.45, 7) is 5.77. The van der Waals surface area contributed by atoms with Crippen LogP contribution in [0.15, 0.2) is 54.7 Å². The zero-order valence-electron chi connectivity index (χ0n) is 23.1. The van der Waals surface area contributed by atoms with Crippen molar-refractivity contribution in [2.24, 2.45) is 0 Å². The summed E-state index contributed by atoms with van der Waals surface area (Å²) in [5.41, 5.74) is 2.19. The monoisotopic (exact) mass is 577 g/mol. The van der Waals surface area contributed by atoms with E-state index in [4.69, 9.17) is 21.3 Å². The molecule has 4 aromatic rings. The summed E-state index contributed by atoms with van der Waals surface area (Å²) in [7, 11) is 0. The van der Waals surface area contributed by atoms with Gasteiger partial charge in [-0.2, -0.15) is 5.10 Å². The molecule has 5 rings (SSSR count). The van der Waals surface area contributed by atoms with Gasteiger partial charge in [-0.15, -0.1) is 0 Å². The zero-order valence-corrected chi connectivity index (χ0v) is 23.9. The predicted molar refractivity (Wildman–Crippen MR) is 157 cm³/mol. The molecule has 11 nitrogen and oxygen atoms in total. The molecule has 1 amide bonds. The van der Waals surface area contributed by atoms with Crippen LogP contribution in [0.5, 0.6) is 0 Å². The van der Waals surface area contributed by atoms with Crippen LogP contribution in [-0.2, 0) is 11.3 Å². The Balaban J connectivity index is 1.35. The van der Waals surface area contributed by atoms with E-state index in [1.807, 2.05) is 45.0 Å². The normalized spacial score (nSPS) is 17.3. The highest BCUT2D eigenvalue weighted by atomic mass is 35.5. The molecule has 0 radical (unpaired) electrons. The number of nitrogens with zero attached hydrogens (tertiary/aromatic N) is 5. The molecule has 2 atom stereocenters. The van der Waals surface area contributed by atoms with Gasteiger partial charge in [0.25, 0.3) is 5.69 Å². The molecule has 0 unspecified atom stereocenters. The van der Waals surface area contributed by atoms with Crippen molar-refractivity contribution in [3.63, 3.8) is 0 Å². The number of non-ortho nitro benzene ring substituents is 1. The number of ether oxygens (including phenoxy) is 1.